The Labute approximate surface area is 421 Å². The number of nitrogens with zero attached hydrogens (tertiary/aromatic N) is 3. The Kier molecular flexibility index (Phi) is 25.6. The van der Waals surface area contributed by atoms with Gasteiger partial charge in [0, 0.05) is 39.5 Å². The van der Waals surface area contributed by atoms with E-state index in [4.69, 9.17) is 15.2 Å². The number of carbonyl (C=O) groups excluding carboxylic acids is 10. The largest absolute Gasteiger partial charge is 0.497 e. The number of hydrogen-bond donors (Lipinski definition) is 5. The molecular weight excluding hydrogens is 917 g/mol. The molecule has 0 aliphatic rings. The van der Waals surface area contributed by atoms with Crippen LogP contribution in [0.15, 0.2) is 24.3 Å². The van der Waals surface area contributed by atoms with E-state index in [2.05, 4.69) is 21.3 Å². The van der Waals surface area contributed by atoms with Crippen molar-refractivity contribution in [3.05, 3.63) is 29.8 Å². The number of nitrogens with two attached hydrogens (primary N) is 1. The summed E-state index contributed by atoms with van der Waals surface area (Å²) in [5.41, 5.74) is 4.47. The topological polar surface area (TPSA) is 273 Å². The molecule has 0 aliphatic heterocycles. The number of rotatable bonds is 29. The summed E-state index contributed by atoms with van der Waals surface area (Å²) in [6.45, 7) is 20.2. The first-order valence-electron chi connectivity index (χ1n) is 24.5. The minimum atomic E-state index is -1.79. The van der Waals surface area contributed by atoms with Crippen molar-refractivity contribution in [1.82, 2.24) is 36.0 Å². The van der Waals surface area contributed by atoms with Crippen LogP contribution in [0, 0.1) is 29.1 Å². The van der Waals surface area contributed by atoms with Crippen LogP contribution in [-0.2, 0) is 59.1 Å². The maximum absolute atomic E-state index is 14.2. The van der Waals surface area contributed by atoms with Crippen molar-refractivity contribution < 1.29 is 57.4 Å². The van der Waals surface area contributed by atoms with Crippen LogP contribution in [-0.4, -0.2) is 157 Å². The Balaban J connectivity index is 3.18. The number of methoxy groups -OCH3 is 1. The van der Waals surface area contributed by atoms with Crippen LogP contribution in [0.2, 0.25) is 0 Å². The van der Waals surface area contributed by atoms with Crippen LogP contribution in [0.5, 0.6) is 5.75 Å². The molecule has 0 fully saturated rings. The van der Waals surface area contributed by atoms with Crippen LogP contribution in [0.25, 0.3) is 0 Å². The molecule has 0 unspecified atom stereocenters. The van der Waals surface area contributed by atoms with Gasteiger partial charge >= 0.3 is 5.97 Å². The molecule has 7 amide bonds. The molecule has 0 spiro atoms. The normalized spacial score (nSPS) is 15.6. The van der Waals surface area contributed by atoms with E-state index in [9.17, 15) is 47.9 Å². The summed E-state index contributed by atoms with van der Waals surface area (Å²) in [5.74, 6) is -7.38. The minimum absolute atomic E-state index is 0.0149. The predicted molar refractivity (Wildman–Crippen MR) is 268 cm³/mol. The third-order valence-electron chi connectivity index (χ3n) is 13.5. The molecule has 1 aromatic carbocycles. The van der Waals surface area contributed by atoms with Gasteiger partial charge in [-0.25, -0.2) is 0 Å². The molecule has 0 heterocycles. The second-order valence-corrected chi connectivity index (χ2v) is 19.5. The van der Waals surface area contributed by atoms with Crippen molar-refractivity contribution in [2.24, 2.45) is 34.8 Å². The van der Waals surface area contributed by atoms with E-state index < -0.39 is 119 Å². The van der Waals surface area contributed by atoms with Crippen molar-refractivity contribution in [3.8, 4) is 5.75 Å². The van der Waals surface area contributed by atoms with E-state index in [-0.39, 0.29) is 37.0 Å². The molecule has 0 radical (unpaired) electrons. The van der Waals surface area contributed by atoms with Crippen molar-refractivity contribution in [1.29, 1.82) is 0 Å². The number of amides is 7. The fourth-order valence-electron chi connectivity index (χ4n) is 8.17. The first-order valence-corrected chi connectivity index (χ1v) is 24.5. The Morgan fingerprint density at radius 2 is 1.23 bits per heavy atom. The first-order chi connectivity index (χ1) is 33.0. The average Bonchev–Trinajstić information content (AvgIpc) is 3.33. The summed E-state index contributed by atoms with van der Waals surface area (Å²) in [4.78, 5) is 138. The second kappa shape index (κ2) is 28.8. The van der Waals surface area contributed by atoms with Gasteiger partial charge in [0.15, 0.2) is 17.7 Å². The Hall–Kier alpha value is -5.92. The number of ketones is 2. The summed E-state index contributed by atoms with van der Waals surface area (Å²) < 4.78 is 11.0. The molecular formula is C51H84N8O12. The van der Waals surface area contributed by atoms with Crippen molar-refractivity contribution in [2.75, 3.05) is 41.3 Å². The molecule has 400 valence electrons. The van der Waals surface area contributed by atoms with E-state index >= 15 is 0 Å². The van der Waals surface area contributed by atoms with Crippen molar-refractivity contribution >= 4 is 58.9 Å². The van der Waals surface area contributed by atoms with Gasteiger partial charge < -0.3 is 51.2 Å². The number of benzene rings is 1. The van der Waals surface area contributed by atoms with Crippen molar-refractivity contribution in [2.45, 2.75) is 158 Å². The SMILES string of the molecule is CC[C@H](C)[C@H](OC(=O)[C@@H](C)[C@@H](CC)NC(=O)[C@H](C)NC(=O)C(C)(C)C(=O)[C@H](C)NC(=O)[C@H](Cc1ccc(OC)cc1)N(C)C(=O)[C@H](C(C)C)N(C)C(=O)CN)C(=O)NCC(=O)N(C)[C@H](C(C)=O)[C@@H](C)CC. The number of hydrogen-bond acceptors (Lipinski definition) is 13. The first kappa shape index (κ1) is 63.1. The van der Waals surface area contributed by atoms with Crippen molar-refractivity contribution in [3.63, 3.8) is 0 Å². The van der Waals surface area contributed by atoms with E-state index in [0.29, 0.717) is 24.2 Å². The molecule has 0 bridgehead atoms. The molecule has 0 aromatic heterocycles. The molecule has 20 nitrogen and oxygen atoms in total. The van der Waals surface area contributed by atoms with Crippen LogP contribution in [0.1, 0.15) is 115 Å². The van der Waals surface area contributed by atoms with E-state index in [1.54, 1.807) is 52.0 Å². The van der Waals surface area contributed by atoms with Gasteiger partial charge in [0.2, 0.25) is 35.4 Å². The molecule has 71 heavy (non-hydrogen) atoms. The lowest BCUT2D eigenvalue weighted by molar-refractivity contribution is -0.163. The van der Waals surface area contributed by atoms with E-state index in [1.807, 2.05) is 20.8 Å². The monoisotopic (exact) mass is 1000 g/mol. The van der Waals surface area contributed by atoms with Gasteiger partial charge in [-0.1, -0.05) is 67.0 Å². The van der Waals surface area contributed by atoms with Gasteiger partial charge in [-0.05, 0) is 83.9 Å². The van der Waals surface area contributed by atoms with Gasteiger partial charge in [-0.15, -0.1) is 0 Å². The fraction of sp³-hybridized carbons (Fsp3) is 0.686. The van der Waals surface area contributed by atoms with E-state index in [0.717, 1.165) is 0 Å². The number of esters is 1. The molecule has 10 atom stereocenters. The molecule has 0 aliphatic carbocycles. The van der Waals surface area contributed by atoms with Gasteiger partial charge in [0.1, 0.15) is 29.3 Å². The number of nitrogens with one attached hydrogen (secondary N) is 4. The third-order valence-corrected chi connectivity index (χ3v) is 13.5. The average molecular weight is 1000 g/mol. The van der Waals surface area contributed by atoms with Gasteiger partial charge in [0.05, 0.1) is 38.2 Å². The molecule has 0 saturated carbocycles. The Morgan fingerprint density at radius 1 is 0.676 bits per heavy atom. The zero-order valence-corrected chi connectivity index (χ0v) is 45.2. The summed E-state index contributed by atoms with van der Waals surface area (Å²) in [6.07, 6.45) is 0.0994. The van der Waals surface area contributed by atoms with Gasteiger partial charge in [-0.2, -0.15) is 0 Å². The lowest BCUT2D eigenvalue weighted by Gasteiger charge is -2.36. The zero-order chi connectivity index (χ0) is 54.8. The standard InChI is InChI=1S/C51H84N8O12/c1-18-29(6)42(34(11)60)59(16)40(62)27-53-47(66)43(30(7)19-2)71-49(68)31(8)37(20-3)56-45(64)33(10)55-50(69)51(12,13)44(63)32(9)54-46(65)38(25-35-21-23-36(70-17)24-22-35)57(14)48(67)41(28(4)5)58(15)39(61)26-52/h21-24,28-33,37-38,41-43H,18-20,25-27,52H2,1-17H3,(H,53,66)(H,54,65)(H,55,69)(H,56,64)/t29-,30-,31-,32-,33-,37+,38-,41-,42-,43-/m0/s1. The molecule has 1 rings (SSSR count). The fourth-order valence-corrected chi connectivity index (χ4v) is 8.17. The predicted octanol–water partition coefficient (Wildman–Crippen LogP) is 2.18. The number of carbonyl (C=O) groups is 10. The number of Topliss-reactive ketones (excluding diaryl/α,β-unsaturated/α-hetero) is 2. The lowest BCUT2D eigenvalue weighted by Crippen LogP contribution is -2.59. The maximum Gasteiger partial charge on any atom is 0.311 e. The Bertz CT molecular complexity index is 2030. The summed E-state index contributed by atoms with van der Waals surface area (Å²) in [5, 5.41) is 10.6. The molecule has 6 N–H and O–H groups in total. The zero-order valence-electron chi connectivity index (χ0n) is 45.2. The highest BCUT2D eigenvalue weighted by Crippen LogP contribution is 2.23. The quantitative estimate of drug-likeness (QED) is 0.0570. The highest BCUT2D eigenvalue weighted by atomic mass is 16.5. The summed E-state index contributed by atoms with van der Waals surface area (Å²) in [7, 11) is 5.91. The van der Waals surface area contributed by atoms with Gasteiger partial charge in [0.25, 0.3) is 5.91 Å². The van der Waals surface area contributed by atoms with Crippen LogP contribution in [0.4, 0.5) is 0 Å². The van der Waals surface area contributed by atoms with Crippen LogP contribution < -0.4 is 31.7 Å². The lowest BCUT2D eigenvalue weighted by atomic mass is 9.83. The smallest absolute Gasteiger partial charge is 0.311 e. The third kappa shape index (κ3) is 17.4. The highest BCUT2D eigenvalue weighted by Gasteiger charge is 2.43. The maximum atomic E-state index is 14.2. The summed E-state index contributed by atoms with van der Waals surface area (Å²) >= 11 is 0. The van der Waals surface area contributed by atoms with Gasteiger partial charge in [-0.3, -0.25) is 47.9 Å². The Morgan fingerprint density at radius 3 is 1.70 bits per heavy atom. The van der Waals surface area contributed by atoms with E-state index in [1.165, 1.54) is 84.5 Å². The number of ether oxygens (including phenoxy) is 2. The minimum Gasteiger partial charge on any atom is -0.497 e. The molecule has 1 aromatic rings. The number of likely N-dealkylation sites (N-methyl/N-ethyl adjacent to an activating group) is 3. The highest BCUT2D eigenvalue weighted by molar-refractivity contribution is 6.09. The van der Waals surface area contributed by atoms with Crippen LogP contribution in [0.3, 0.4) is 0 Å². The van der Waals surface area contributed by atoms with Crippen LogP contribution >= 0.6 is 0 Å². The molecule has 0 saturated heterocycles. The summed E-state index contributed by atoms with van der Waals surface area (Å²) in [6, 6.07) is 0.776. The molecule has 20 heteroatoms. The second-order valence-electron chi connectivity index (χ2n) is 19.5.